The molecule has 0 amide bonds. The first-order chi connectivity index (χ1) is 3.93. The summed E-state index contributed by atoms with van der Waals surface area (Å²) in [4.78, 5) is 3.84. The average molecular weight is 126 g/mol. The van der Waals surface area contributed by atoms with Crippen molar-refractivity contribution in [2.75, 3.05) is 5.09 Å². The molecule has 0 radical (unpaired) electrons. The Morgan fingerprint density at radius 3 is 2.38 bits per heavy atom. The Labute approximate surface area is 50.6 Å². The van der Waals surface area contributed by atoms with Gasteiger partial charge in [0, 0.05) is 18.1 Å². The fourth-order valence-corrected chi connectivity index (χ4v) is 0.641. The minimum absolute atomic E-state index is 1.06. The van der Waals surface area contributed by atoms with Gasteiger partial charge in [-0.2, -0.15) is 0 Å². The normalized spacial score (nSPS) is 8.62. The molecule has 1 unspecified atom stereocenters. The van der Waals surface area contributed by atoms with Crippen LogP contribution in [0.15, 0.2) is 24.5 Å². The first-order valence-electron chi connectivity index (χ1n) is 2.30. The fraction of sp³-hybridized carbons (Fsp3) is 0. The largest absolute Gasteiger partial charge is 0.369 e. The lowest BCUT2D eigenvalue weighted by Gasteiger charge is -1.93. The van der Waals surface area contributed by atoms with Gasteiger partial charge in [-0.3, -0.25) is 4.98 Å². The summed E-state index contributed by atoms with van der Waals surface area (Å²) >= 11 is 0. The molecule has 0 aliphatic heterocycles. The average Bonchev–Trinajstić information content (AvgIpc) is 1.90. The van der Waals surface area contributed by atoms with Gasteiger partial charge in [0.2, 0.25) is 0 Å². The second-order valence-corrected chi connectivity index (χ2v) is 1.67. The lowest BCUT2D eigenvalue weighted by Crippen LogP contribution is -1.76. The van der Waals surface area contributed by atoms with E-state index in [1.807, 2.05) is 12.1 Å². The Morgan fingerprint density at radius 1 is 1.38 bits per heavy atom. The molecule has 0 spiro atoms. The van der Waals surface area contributed by atoms with E-state index in [0.29, 0.717) is 0 Å². The van der Waals surface area contributed by atoms with Gasteiger partial charge in [0.25, 0.3) is 0 Å². The summed E-state index contributed by atoms with van der Waals surface area (Å²) in [6.45, 7) is 0. The van der Waals surface area contributed by atoms with Crippen LogP contribution in [0.4, 0.5) is 5.69 Å². The molecule has 0 fully saturated rings. The molecule has 1 rings (SSSR count). The summed E-state index contributed by atoms with van der Waals surface area (Å²) in [7, 11) is 2.42. The third kappa shape index (κ3) is 1.17. The van der Waals surface area contributed by atoms with Crippen LogP contribution < -0.4 is 5.09 Å². The molecule has 0 aliphatic carbocycles. The second-order valence-electron chi connectivity index (χ2n) is 1.38. The fourth-order valence-electron chi connectivity index (χ4n) is 0.448. The molecule has 0 saturated heterocycles. The van der Waals surface area contributed by atoms with Crippen molar-refractivity contribution in [1.82, 2.24) is 4.98 Å². The Bertz CT molecular complexity index is 152. The highest BCUT2D eigenvalue weighted by molar-refractivity contribution is 7.18. The summed E-state index contributed by atoms with van der Waals surface area (Å²) < 4.78 is 0. The number of nitrogens with one attached hydrogen (secondary N) is 1. The number of anilines is 1. The van der Waals surface area contributed by atoms with Crippen molar-refractivity contribution in [2.45, 2.75) is 0 Å². The number of hydrogen-bond donors (Lipinski definition) is 1. The number of pyridine rings is 1. The standard InChI is InChI=1S/C5H7N2P/c8-7-5-1-3-6-4-2-5/h1-4H,8H2,(H,6,7). The first-order valence-corrected chi connectivity index (χ1v) is 2.88. The lowest BCUT2D eigenvalue weighted by molar-refractivity contribution is 1.33. The van der Waals surface area contributed by atoms with Gasteiger partial charge in [0.05, 0.1) is 0 Å². The van der Waals surface area contributed by atoms with E-state index < -0.39 is 0 Å². The number of hydrogen-bond acceptors (Lipinski definition) is 2. The van der Waals surface area contributed by atoms with Crippen LogP contribution in [-0.4, -0.2) is 4.98 Å². The van der Waals surface area contributed by atoms with Crippen LogP contribution >= 0.6 is 9.39 Å². The number of aromatic nitrogens is 1. The van der Waals surface area contributed by atoms with Gasteiger partial charge in [0.15, 0.2) is 0 Å². The molecule has 0 aromatic carbocycles. The summed E-state index contributed by atoms with van der Waals surface area (Å²) in [6.07, 6.45) is 3.48. The van der Waals surface area contributed by atoms with E-state index >= 15 is 0 Å². The molecule has 1 aromatic rings. The molecule has 1 atom stereocenters. The van der Waals surface area contributed by atoms with Crippen LogP contribution in [0.25, 0.3) is 0 Å². The molecule has 0 saturated carbocycles. The van der Waals surface area contributed by atoms with E-state index in [9.17, 15) is 0 Å². The highest BCUT2D eigenvalue weighted by Gasteiger charge is 1.78. The van der Waals surface area contributed by atoms with Crippen molar-refractivity contribution >= 4 is 15.1 Å². The zero-order valence-corrected chi connectivity index (χ0v) is 5.49. The van der Waals surface area contributed by atoms with Gasteiger partial charge < -0.3 is 5.09 Å². The number of nitrogens with zero attached hydrogens (tertiary/aromatic N) is 1. The molecule has 2 nitrogen and oxygen atoms in total. The van der Waals surface area contributed by atoms with Gasteiger partial charge >= 0.3 is 0 Å². The Morgan fingerprint density at radius 2 is 2.00 bits per heavy atom. The Kier molecular flexibility index (Phi) is 1.81. The third-order valence-corrected chi connectivity index (χ3v) is 1.18. The van der Waals surface area contributed by atoms with Crippen molar-refractivity contribution in [2.24, 2.45) is 0 Å². The van der Waals surface area contributed by atoms with E-state index in [1.165, 1.54) is 0 Å². The summed E-state index contributed by atoms with van der Waals surface area (Å²) in [5.41, 5.74) is 1.06. The third-order valence-electron chi connectivity index (χ3n) is 0.847. The molecule has 8 heavy (non-hydrogen) atoms. The predicted octanol–water partition coefficient (Wildman–Crippen LogP) is 1.28. The predicted molar refractivity (Wildman–Crippen MR) is 37.6 cm³/mol. The van der Waals surface area contributed by atoms with Gasteiger partial charge in [-0.15, -0.1) is 0 Å². The first kappa shape index (κ1) is 5.52. The molecular weight excluding hydrogens is 119 g/mol. The van der Waals surface area contributed by atoms with Gasteiger partial charge in [0.1, 0.15) is 0 Å². The van der Waals surface area contributed by atoms with Crippen LogP contribution in [0.5, 0.6) is 0 Å². The summed E-state index contributed by atoms with van der Waals surface area (Å²) in [6, 6.07) is 3.79. The van der Waals surface area contributed by atoms with Crippen molar-refractivity contribution in [1.29, 1.82) is 0 Å². The summed E-state index contributed by atoms with van der Waals surface area (Å²) in [5, 5.41) is 2.90. The topological polar surface area (TPSA) is 24.9 Å². The molecule has 3 heteroatoms. The molecular formula is C5H7N2P. The van der Waals surface area contributed by atoms with Crippen molar-refractivity contribution in [3.05, 3.63) is 24.5 Å². The molecule has 42 valence electrons. The zero-order chi connectivity index (χ0) is 5.82. The summed E-state index contributed by atoms with van der Waals surface area (Å²) in [5.74, 6) is 0. The molecule has 1 aromatic heterocycles. The van der Waals surface area contributed by atoms with Crippen LogP contribution in [-0.2, 0) is 0 Å². The minimum Gasteiger partial charge on any atom is -0.369 e. The van der Waals surface area contributed by atoms with Crippen molar-refractivity contribution < 1.29 is 0 Å². The maximum Gasteiger partial charge on any atom is 0.0399 e. The molecule has 0 aliphatic rings. The quantitative estimate of drug-likeness (QED) is 0.573. The van der Waals surface area contributed by atoms with Crippen LogP contribution in [0.3, 0.4) is 0 Å². The Hall–Kier alpha value is -0.620. The van der Waals surface area contributed by atoms with E-state index in [-0.39, 0.29) is 0 Å². The van der Waals surface area contributed by atoms with Gasteiger partial charge in [-0.05, 0) is 21.5 Å². The van der Waals surface area contributed by atoms with Crippen molar-refractivity contribution in [3.63, 3.8) is 0 Å². The van der Waals surface area contributed by atoms with E-state index in [4.69, 9.17) is 0 Å². The Balaban J connectivity index is 2.83. The smallest absolute Gasteiger partial charge is 0.0399 e. The lowest BCUT2D eigenvalue weighted by atomic mass is 10.4. The highest BCUT2D eigenvalue weighted by atomic mass is 31.0. The zero-order valence-electron chi connectivity index (χ0n) is 4.33. The molecule has 0 bridgehead atoms. The van der Waals surface area contributed by atoms with E-state index in [1.54, 1.807) is 12.4 Å². The SMILES string of the molecule is PNc1ccncc1. The van der Waals surface area contributed by atoms with Gasteiger partial charge in [-0.25, -0.2) is 0 Å². The number of rotatable bonds is 1. The highest BCUT2D eigenvalue weighted by Crippen LogP contribution is 2.03. The van der Waals surface area contributed by atoms with Crippen molar-refractivity contribution in [3.8, 4) is 0 Å². The maximum atomic E-state index is 3.84. The van der Waals surface area contributed by atoms with Crippen LogP contribution in [0.2, 0.25) is 0 Å². The second kappa shape index (κ2) is 2.63. The molecule has 1 heterocycles. The van der Waals surface area contributed by atoms with Crippen LogP contribution in [0, 0.1) is 0 Å². The minimum atomic E-state index is 1.06. The van der Waals surface area contributed by atoms with Crippen LogP contribution in [0.1, 0.15) is 0 Å². The van der Waals surface area contributed by atoms with E-state index in [0.717, 1.165) is 5.69 Å². The maximum absolute atomic E-state index is 3.84. The monoisotopic (exact) mass is 126 g/mol. The van der Waals surface area contributed by atoms with E-state index in [2.05, 4.69) is 19.5 Å². The van der Waals surface area contributed by atoms with Gasteiger partial charge in [-0.1, -0.05) is 0 Å². The molecule has 1 N–H and O–H groups in total.